The molecule has 0 saturated carbocycles. The van der Waals surface area contributed by atoms with Gasteiger partial charge in [-0.3, -0.25) is 0 Å². The number of para-hydroxylation sites is 1. The molecule has 0 aliphatic heterocycles. The quantitative estimate of drug-likeness (QED) is 0.709. The lowest BCUT2D eigenvalue weighted by Gasteiger charge is -2.10. The lowest BCUT2D eigenvalue weighted by molar-refractivity contribution is 0.407. The molecule has 1 aromatic carbocycles. The fourth-order valence-corrected chi connectivity index (χ4v) is 2.70. The summed E-state index contributed by atoms with van der Waals surface area (Å²) in [5.41, 5.74) is 3.04. The second-order valence-corrected chi connectivity index (χ2v) is 5.80. The smallest absolute Gasteiger partial charge is 0.269 e. The van der Waals surface area contributed by atoms with Crippen LogP contribution in [0.4, 0.5) is 11.6 Å². The first-order valence-corrected chi connectivity index (χ1v) is 7.53. The summed E-state index contributed by atoms with van der Waals surface area (Å²) in [4.78, 5) is 8.48. The number of rotatable bonds is 3. The molecule has 3 rings (SSSR count). The number of azo groups is 1. The number of aromatic nitrogens is 3. The summed E-state index contributed by atoms with van der Waals surface area (Å²) in [5.74, 6) is 0.401. The first-order valence-electron chi connectivity index (χ1n) is 7.53. The molecule has 0 unspecified atom stereocenters. The molecule has 0 spiro atoms. The van der Waals surface area contributed by atoms with Gasteiger partial charge >= 0.3 is 0 Å². The summed E-state index contributed by atoms with van der Waals surface area (Å²) in [7, 11) is 0. The van der Waals surface area contributed by atoms with Crippen LogP contribution in [0.5, 0.6) is 5.88 Å². The molecule has 0 aliphatic rings. The zero-order chi connectivity index (χ0) is 16.6. The Morgan fingerprint density at radius 3 is 2.35 bits per heavy atom. The van der Waals surface area contributed by atoms with Crippen molar-refractivity contribution >= 4 is 22.5 Å². The highest BCUT2D eigenvalue weighted by Gasteiger charge is 2.18. The molecular weight excluding hydrogens is 290 g/mol. The predicted molar refractivity (Wildman–Crippen MR) is 89.7 cm³/mol. The topological polar surface area (TPSA) is 75.7 Å². The van der Waals surface area contributed by atoms with Crippen molar-refractivity contribution in [2.24, 2.45) is 10.2 Å². The molecule has 0 amide bonds. The Balaban J connectivity index is 2.13. The summed E-state index contributed by atoms with van der Waals surface area (Å²) < 4.78 is 1.84. The maximum atomic E-state index is 10.5. The van der Waals surface area contributed by atoms with E-state index in [4.69, 9.17) is 0 Å². The summed E-state index contributed by atoms with van der Waals surface area (Å²) in [6, 6.07) is 9.72. The Kier molecular flexibility index (Phi) is 3.82. The van der Waals surface area contributed by atoms with Crippen molar-refractivity contribution in [1.82, 2.24) is 14.5 Å². The van der Waals surface area contributed by atoms with Gasteiger partial charge in [0, 0.05) is 22.8 Å². The highest BCUT2D eigenvalue weighted by Crippen LogP contribution is 2.41. The van der Waals surface area contributed by atoms with Crippen molar-refractivity contribution in [3.05, 3.63) is 41.7 Å². The molecule has 6 nitrogen and oxygen atoms in total. The summed E-state index contributed by atoms with van der Waals surface area (Å²) >= 11 is 0. The standard InChI is InChI=1S/C17H19N5O/c1-10(2)22-14-8-6-5-7-13(14)15(16(22)23)20-21-17-18-11(3)9-12(4)19-17/h5-10,23H,1-4H3. The summed E-state index contributed by atoms with van der Waals surface area (Å²) in [5, 5.41) is 19.7. The summed E-state index contributed by atoms with van der Waals surface area (Å²) in [6.45, 7) is 7.80. The maximum Gasteiger partial charge on any atom is 0.269 e. The number of nitrogens with zero attached hydrogens (tertiary/aromatic N) is 5. The monoisotopic (exact) mass is 309 g/mol. The van der Waals surface area contributed by atoms with E-state index in [1.807, 2.05) is 62.6 Å². The van der Waals surface area contributed by atoms with Crippen molar-refractivity contribution in [3.63, 3.8) is 0 Å². The van der Waals surface area contributed by atoms with Gasteiger partial charge < -0.3 is 9.67 Å². The van der Waals surface area contributed by atoms with Crippen molar-refractivity contribution in [1.29, 1.82) is 0 Å². The van der Waals surface area contributed by atoms with E-state index in [-0.39, 0.29) is 11.9 Å². The van der Waals surface area contributed by atoms with Gasteiger partial charge in [0.25, 0.3) is 5.95 Å². The predicted octanol–water partition coefficient (Wildman–Crippen LogP) is 4.75. The van der Waals surface area contributed by atoms with Gasteiger partial charge in [0.1, 0.15) is 0 Å². The van der Waals surface area contributed by atoms with E-state index in [0.29, 0.717) is 11.6 Å². The number of hydrogen-bond donors (Lipinski definition) is 1. The van der Waals surface area contributed by atoms with Crippen LogP contribution in [0.1, 0.15) is 31.3 Å². The number of benzene rings is 1. The Morgan fingerprint density at radius 2 is 1.70 bits per heavy atom. The Bertz CT molecular complexity index is 875. The van der Waals surface area contributed by atoms with Crippen LogP contribution in [0.15, 0.2) is 40.6 Å². The zero-order valence-corrected chi connectivity index (χ0v) is 13.6. The molecule has 2 aromatic heterocycles. The number of aryl methyl sites for hydroxylation is 2. The minimum Gasteiger partial charge on any atom is -0.493 e. The third kappa shape index (κ3) is 2.79. The number of aromatic hydroxyl groups is 1. The molecule has 0 radical (unpaired) electrons. The van der Waals surface area contributed by atoms with Crippen LogP contribution in [-0.4, -0.2) is 19.6 Å². The highest BCUT2D eigenvalue weighted by molar-refractivity contribution is 5.95. The minimum absolute atomic E-state index is 0.106. The maximum absolute atomic E-state index is 10.5. The Morgan fingerprint density at radius 1 is 1.04 bits per heavy atom. The van der Waals surface area contributed by atoms with Gasteiger partial charge in [-0.05, 0) is 39.8 Å². The molecule has 1 N–H and O–H groups in total. The van der Waals surface area contributed by atoms with Crippen molar-refractivity contribution in [3.8, 4) is 5.88 Å². The molecule has 23 heavy (non-hydrogen) atoms. The van der Waals surface area contributed by atoms with E-state index in [0.717, 1.165) is 22.3 Å². The van der Waals surface area contributed by atoms with Gasteiger partial charge in [-0.1, -0.05) is 18.2 Å². The molecule has 3 aromatic rings. The average Bonchev–Trinajstić information content (AvgIpc) is 2.76. The van der Waals surface area contributed by atoms with Gasteiger partial charge in [-0.25, -0.2) is 9.97 Å². The van der Waals surface area contributed by atoms with E-state index in [9.17, 15) is 5.11 Å². The normalized spacial score (nSPS) is 11.9. The van der Waals surface area contributed by atoms with Gasteiger partial charge in [0.15, 0.2) is 5.69 Å². The van der Waals surface area contributed by atoms with Gasteiger partial charge in [-0.2, -0.15) is 0 Å². The lowest BCUT2D eigenvalue weighted by Crippen LogP contribution is -1.98. The average molecular weight is 309 g/mol. The molecule has 0 aliphatic carbocycles. The van der Waals surface area contributed by atoms with E-state index in [2.05, 4.69) is 20.2 Å². The summed E-state index contributed by atoms with van der Waals surface area (Å²) in [6.07, 6.45) is 0. The van der Waals surface area contributed by atoms with Crippen LogP contribution in [0.2, 0.25) is 0 Å². The van der Waals surface area contributed by atoms with Gasteiger partial charge in [0.05, 0.1) is 5.52 Å². The number of hydrogen-bond acceptors (Lipinski definition) is 5. The molecule has 2 heterocycles. The van der Waals surface area contributed by atoms with Crippen LogP contribution < -0.4 is 0 Å². The minimum atomic E-state index is 0.106. The van der Waals surface area contributed by atoms with Crippen LogP contribution in [0, 0.1) is 13.8 Å². The molecule has 0 fully saturated rings. The highest BCUT2D eigenvalue weighted by atomic mass is 16.3. The molecule has 0 atom stereocenters. The van der Waals surface area contributed by atoms with Crippen LogP contribution in [-0.2, 0) is 0 Å². The molecule has 6 heteroatoms. The second kappa shape index (κ2) is 5.79. The molecular formula is C17H19N5O. The Hall–Kier alpha value is -2.76. The van der Waals surface area contributed by atoms with E-state index in [1.165, 1.54) is 0 Å². The fraction of sp³-hybridized carbons (Fsp3) is 0.294. The third-order valence-electron chi connectivity index (χ3n) is 3.59. The lowest BCUT2D eigenvalue weighted by atomic mass is 10.2. The van der Waals surface area contributed by atoms with Crippen LogP contribution >= 0.6 is 0 Å². The van der Waals surface area contributed by atoms with Crippen LogP contribution in [0.3, 0.4) is 0 Å². The molecule has 0 saturated heterocycles. The SMILES string of the molecule is Cc1cc(C)nc(N=Nc2c(O)n(C(C)C)c3ccccc23)n1. The molecule has 118 valence electrons. The fourth-order valence-electron chi connectivity index (χ4n) is 2.70. The Labute approximate surface area is 134 Å². The van der Waals surface area contributed by atoms with Crippen molar-refractivity contribution in [2.75, 3.05) is 0 Å². The van der Waals surface area contributed by atoms with Gasteiger partial charge in [-0.15, -0.1) is 10.2 Å². The van der Waals surface area contributed by atoms with E-state index in [1.54, 1.807) is 0 Å². The van der Waals surface area contributed by atoms with Crippen LogP contribution in [0.25, 0.3) is 10.9 Å². The first kappa shape index (κ1) is 15.1. The van der Waals surface area contributed by atoms with Crippen molar-refractivity contribution in [2.45, 2.75) is 33.7 Å². The largest absolute Gasteiger partial charge is 0.493 e. The zero-order valence-electron chi connectivity index (χ0n) is 13.6. The van der Waals surface area contributed by atoms with E-state index >= 15 is 0 Å². The number of fused-ring (bicyclic) bond motifs is 1. The van der Waals surface area contributed by atoms with Crippen molar-refractivity contribution < 1.29 is 5.11 Å². The second-order valence-electron chi connectivity index (χ2n) is 5.80. The first-order chi connectivity index (χ1) is 11.0. The molecule has 0 bridgehead atoms. The third-order valence-corrected chi connectivity index (χ3v) is 3.59. The van der Waals surface area contributed by atoms with E-state index < -0.39 is 0 Å². The van der Waals surface area contributed by atoms with Gasteiger partial charge in [0.2, 0.25) is 5.88 Å².